The highest BCUT2D eigenvalue weighted by Gasteiger charge is 2.46. The summed E-state index contributed by atoms with van der Waals surface area (Å²) in [5.41, 5.74) is 2.41. The molecule has 2 aliphatic heterocycles. The number of amides is 7. The van der Waals surface area contributed by atoms with E-state index in [1.54, 1.807) is 50.4 Å². The predicted octanol–water partition coefficient (Wildman–Crippen LogP) is 2.51. The number of H-pyrrole nitrogens is 1. The average Bonchev–Trinajstić information content (AvgIpc) is 3.80. The fraction of sp³-hybridized carbons (Fsp3) is 0.473. The number of para-hydroxylation sites is 1. The van der Waals surface area contributed by atoms with Crippen molar-refractivity contribution in [1.82, 2.24) is 41.4 Å². The van der Waals surface area contributed by atoms with Crippen molar-refractivity contribution in [2.24, 2.45) is 5.92 Å². The first-order valence-corrected chi connectivity index (χ1v) is 25.8. The number of unbranched alkanes of at least 4 members (excludes halogenated alkanes) is 2. The van der Waals surface area contributed by atoms with Crippen LogP contribution in [0.25, 0.3) is 10.9 Å². The Labute approximate surface area is 440 Å². The summed E-state index contributed by atoms with van der Waals surface area (Å²) in [4.78, 5) is 134. The van der Waals surface area contributed by atoms with E-state index in [-0.39, 0.29) is 50.7 Å². The SMILES string of the molecule is CCCCCC(=O)N[C@H](CCC(=O)O)C(=O)N[C@@H]1C(=O)N[C@@H](Cc2ccc(O)cc2)C(=O)N[C@H]2CC[C@@H](O)N(C2=O)[C@@H](Cc2ccccc2)C(=O)N(C)[C@@H](Cc2c[nH]c3ccccc23)C(=O)N[C@@H](C(C)C)C(=O)O[C@H]1C. The van der Waals surface area contributed by atoms with Gasteiger partial charge in [0, 0.05) is 56.3 Å². The molecule has 3 aromatic carbocycles. The Morgan fingerprint density at radius 3 is 2.14 bits per heavy atom. The van der Waals surface area contributed by atoms with Gasteiger partial charge in [-0.2, -0.15) is 0 Å². The molecule has 2 saturated heterocycles. The Morgan fingerprint density at radius 1 is 0.776 bits per heavy atom. The van der Waals surface area contributed by atoms with Crippen molar-refractivity contribution in [3.63, 3.8) is 0 Å². The lowest BCUT2D eigenvalue weighted by atomic mass is 9.95. The first-order chi connectivity index (χ1) is 36.3. The predicted molar refractivity (Wildman–Crippen MR) is 277 cm³/mol. The van der Waals surface area contributed by atoms with E-state index >= 15 is 4.79 Å². The molecule has 0 spiro atoms. The Bertz CT molecular complexity index is 2710. The second kappa shape index (κ2) is 26.6. The number of ether oxygens (including phenoxy) is 1. The molecule has 9 N–H and O–H groups in total. The number of hydrogen-bond donors (Lipinski definition) is 9. The second-order valence-electron chi connectivity index (χ2n) is 19.9. The van der Waals surface area contributed by atoms with E-state index in [9.17, 15) is 53.7 Å². The van der Waals surface area contributed by atoms with E-state index < -0.39 is 120 Å². The zero-order valence-electron chi connectivity index (χ0n) is 43.5. The maximum atomic E-state index is 15.3. The van der Waals surface area contributed by atoms with Crippen molar-refractivity contribution < 1.29 is 63.2 Å². The molecule has 0 aliphatic carbocycles. The molecule has 0 saturated carbocycles. The van der Waals surface area contributed by atoms with E-state index in [0.29, 0.717) is 29.5 Å². The topological polar surface area (TPSA) is 306 Å². The molecular weight excluding hydrogens is 981 g/mol. The van der Waals surface area contributed by atoms with Gasteiger partial charge in [0.25, 0.3) is 0 Å². The summed E-state index contributed by atoms with van der Waals surface area (Å²) in [6, 6.07) is 11.3. The Balaban J connectivity index is 1.46. The van der Waals surface area contributed by atoms with Gasteiger partial charge in [-0.25, -0.2) is 4.79 Å². The van der Waals surface area contributed by atoms with Crippen LogP contribution in [-0.4, -0.2) is 145 Å². The van der Waals surface area contributed by atoms with Gasteiger partial charge < -0.3 is 61.4 Å². The number of fused-ring (bicyclic) bond motifs is 3. The number of aromatic nitrogens is 1. The molecule has 7 amide bonds. The smallest absolute Gasteiger partial charge is 0.329 e. The highest BCUT2D eigenvalue weighted by Crippen LogP contribution is 2.27. The number of piperidine rings is 1. The first kappa shape index (κ1) is 57.5. The number of phenolic OH excluding ortho intramolecular Hbond substituents is 1. The van der Waals surface area contributed by atoms with Crippen molar-refractivity contribution in [1.29, 1.82) is 0 Å². The molecule has 0 unspecified atom stereocenters. The van der Waals surface area contributed by atoms with Gasteiger partial charge >= 0.3 is 11.9 Å². The number of benzene rings is 3. The van der Waals surface area contributed by atoms with Crippen LogP contribution in [0.1, 0.15) is 95.8 Å². The van der Waals surface area contributed by atoms with E-state index in [0.717, 1.165) is 22.2 Å². The summed E-state index contributed by atoms with van der Waals surface area (Å²) in [6.45, 7) is 6.48. The number of phenols is 1. The van der Waals surface area contributed by atoms with Crippen LogP contribution in [0.5, 0.6) is 5.75 Å². The molecule has 6 rings (SSSR count). The molecule has 4 aromatic rings. The number of carbonyl (C=O) groups is 9. The van der Waals surface area contributed by atoms with Gasteiger partial charge in [-0.05, 0) is 73.4 Å². The minimum absolute atomic E-state index is 0.0273. The fourth-order valence-corrected chi connectivity index (χ4v) is 9.52. The maximum Gasteiger partial charge on any atom is 0.329 e. The van der Waals surface area contributed by atoms with Gasteiger partial charge in [-0.1, -0.05) is 94.3 Å². The number of aromatic hydroxyl groups is 1. The summed E-state index contributed by atoms with van der Waals surface area (Å²) in [7, 11) is 1.39. The number of aromatic amines is 1. The van der Waals surface area contributed by atoms with Crippen molar-refractivity contribution >= 4 is 64.2 Å². The zero-order valence-corrected chi connectivity index (χ0v) is 43.5. The third-order valence-corrected chi connectivity index (χ3v) is 13.9. The van der Waals surface area contributed by atoms with Crippen LogP contribution in [0.3, 0.4) is 0 Å². The van der Waals surface area contributed by atoms with Gasteiger partial charge in [0.1, 0.15) is 60.4 Å². The number of cyclic esters (lactones) is 1. The molecule has 9 atom stereocenters. The van der Waals surface area contributed by atoms with Crippen LogP contribution in [0.2, 0.25) is 0 Å². The van der Waals surface area contributed by atoms with Gasteiger partial charge in [0.2, 0.25) is 41.4 Å². The maximum absolute atomic E-state index is 15.3. The number of aliphatic hydroxyl groups excluding tert-OH is 1. The van der Waals surface area contributed by atoms with Crippen LogP contribution in [0.15, 0.2) is 85.1 Å². The molecule has 2 bridgehead atoms. The third-order valence-electron chi connectivity index (χ3n) is 13.9. The van der Waals surface area contributed by atoms with Crippen LogP contribution in [0, 0.1) is 5.92 Å². The number of esters is 1. The summed E-state index contributed by atoms with van der Waals surface area (Å²) in [5.74, 6) is -9.03. The lowest BCUT2D eigenvalue weighted by molar-refractivity contribution is -0.165. The molecule has 21 heteroatoms. The van der Waals surface area contributed by atoms with Gasteiger partial charge in [0.15, 0.2) is 0 Å². The highest BCUT2D eigenvalue weighted by atomic mass is 16.5. The molecule has 2 fully saturated rings. The zero-order chi connectivity index (χ0) is 55.2. The lowest BCUT2D eigenvalue weighted by Crippen LogP contribution is -2.65. The number of aliphatic hydroxyl groups is 1. The second-order valence-corrected chi connectivity index (χ2v) is 19.9. The molecule has 76 heavy (non-hydrogen) atoms. The molecule has 0 radical (unpaired) electrons. The van der Waals surface area contributed by atoms with E-state index in [1.165, 1.54) is 43.1 Å². The molecule has 21 nitrogen and oxygen atoms in total. The van der Waals surface area contributed by atoms with Crippen LogP contribution < -0.4 is 26.6 Å². The van der Waals surface area contributed by atoms with Crippen LogP contribution >= 0.6 is 0 Å². The largest absolute Gasteiger partial charge is 0.508 e. The van der Waals surface area contributed by atoms with Gasteiger partial charge in [-0.3, -0.25) is 38.4 Å². The third kappa shape index (κ3) is 14.9. The van der Waals surface area contributed by atoms with Crippen LogP contribution in [0.4, 0.5) is 0 Å². The van der Waals surface area contributed by atoms with E-state index in [4.69, 9.17) is 4.74 Å². The number of nitrogens with zero attached hydrogens (tertiary/aromatic N) is 2. The van der Waals surface area contributed by atoms with Gasteiger partial charge in [-0.15, -0.1) is 0 Å². The van der Waals surface area contributed by atoms with E-state index in [2.05, 4.69) is 31.6 Å². The summed E-state index contributed by atoms with van der Waals surface area (Å²) >= 11 is 0. The van der Waals surface area contributed by atoms with Crippen molar-refractivity contribution in [2.45, 2.75) is 153 Å². The number of hydrogen-bond acceptors (Lipinski definition) is 12. The van der Waals surface area contributed by atoms with Crippen molar-refractivity contribution in [3.8, 4) is 5.75 Å². The molecule has 2 aliphatic rings. The minimum Gasteiger partial charge on any atom is -0.508 e. The quantitative estimate of drug-likeness (QED) is 0.0543. The summed E-state index contributed by atoms with van der Waals surface area (Å²) in [5, 5.41) is 45.3. The van der Waals surface area contributed by atoms with E-state index in [1.807, 2.05) is 31.2 Å². The Hall–Kier alpha value is -7.81. The van der Waals surface area contributed by atoms with Crippen LogP contribution in [-0.2, 0) is 67.2 Å². The Morgan fingerprint density at radius 2 is 1.46 bits per heavy atom. The normalized spacial score (nSPS) is 23.6. The van der Waals surface area contributed by atoms with Gasteiger partial charge in [0.05, 0.1) is 0 Å². The lowest BCUT2D eigenvalue weighted by Gasteiger charge is -2.43. The number of nitrogens with one attached hydrogen (secondary N) is 6. The standard InChI is InChI=1S/C55H70N8O13/c1-6-7-9-18-44(65)57-39(24-26-46(67)68)49(69)61-48-32(4)76-55(75)47(31(2)3)60-51(71)42(29-35-30-56-38-17-13-12-16-37(35)38)62(5)54(74)43(28-33-14-10-8-11-15-33)63-45(66)25-23-40(53(63)73)58-50(70)41(59-52(48)72)27-34-19-21-36(64)22-20-34/h8,10-17,19-22,30-32,39-43,45,47-48,56,64,66H,6-7,9,18,23-29H2,1-5H3,(H,57,65)(H,58,70)(H,59,72)(H,60,71)(H,61,69)(H,67,68)/t32-,39+,40-,41-,42-,43-,45+,47-,48-/m0/s1. The minimum atomic E-state index is -1.85. The number of carboxylic acid groups (broad SMARTS) is 1. The number of aliphatic carboxylic acids is 1. The Kier molecular flexibility index (Phi) is 20.1. The average molecular weight is 1050 g/mol. The number of rotatable bonds is 17. The highest BCUT2D eigenvalue weighted by molar-refractivity contribution is 5.99. The number of likely N-dealkylation sites (N-methyl/N-ethyl adjacent to an activating group) is 1. The number of carbonyl (C=O) groups excluding carboxylic acids is 8. The summed E-state index contributed by atoms with van der Waals surface area (Å²) in [6.07, 6.45) is -1.01. The first-order valence-electron chi connectivity index (χ1n) is 25.8. The molecule has 3 heterocycles. The van der Waals surface area contributed by atoms with Crippen molar-refractivity contribution in [3.05, 3.63) is 102 Å². The molecule has 1 aromatic heterocycles. The molecule has 408 valence electrons. The fourth-order valence-electron chi connectivity index (χ4n) is 9.52. The summed E-state index contributed by atoms with van der Waals surface area (Å²) < 4.78 is 5.95. The number of carboxylic acids is 1. The van der Waals surface area contributed by atoms with Crippen molar-refractivity contribution in [2.75, 3.05) is 7.05 Å². The molecular formula is C55H70N8O13. The monoisotopic (exact) mass is 1050 g/mol.